The summed E-state index contributed by atoms with van der Waals surface area (Å²) in [7, 11) is 3.41. The molecule has 5 nitrogen and oxygen atoms in total. The lowest BCUT2D eigenvalue weighted by Gasteiger charge is -2.37. The molecule has 1 fully saturated rings. The van der Waals surface area contributed by atoms with Crippen LogP contribution in [0.2, 0.25) is 0 Å². The van der Waals surface area contributed by atoms with Gasteiger partial charge in [0.2, 0.25) is 5.91 Å². The first-order chi connectivity index (χ1) is 5.52. The van der Waals surface area contributed by atoms with E-state index in [-0.39, 0.29) is 11.8 Å². The van der Waals surface area contributed by atoms with E-state index in [2.05, 4.69) is 0 Å². The molecule has 0 spiro atoms. The van der Waals surface area contributed by atoms with Crippen LogP contribution >= 0.6 is 0 Å². The normalized spacial score (nSPS) is 17.0. The molecular formula is C7H13N3O2. The minimum Gasteiger partial charge on any atom is -0.351 e. The van der Waals surface area contributed by atoms with Gasteiger partial charge in [0.25, 0.3) is 0 Å². The van der Waals surface area contributed by atoms with E-state index < -0.39 is 6.03 Å². The van der Waals surface area contributed by atoms with Crippen molar-refractivity contribution < 1.29 is 9.59 Å². The highest BCUT2D eigenvalue weighted by molar-refractivity contribution is 5.83. The quantitative estimate of drug-likeness (QED) is 0.554. The molecule has 0 aromatic heterocycles. The van der Waals surface area contributed by atoms with Gasteiger partial charge in [-0.25, -0.2) is 4.79 Å². The summed E-state index contributed by atoms with van der Waals surface area (Å²) in [6, 6.07) is -0.446. The van der Waals surface area contributed by atoms with Crippen molar-refractivity contribution in [2.75, 3.05) is 27.2 Å². The van der Waals surface area contributed by atoms with E-state index in [1.165, 1.54) is 9.80 Å². The van der Waals surface area contributed by atoms with Crippen LogP contribution in [0.25, 0.3) is 0 Å². The summed E-state index contributed by atoms with van der Waals surface area (Å²) in [4.78, 5) is 24.8. The summed E-state index contributed by atoms with van der Waals surface area (Å²) in [5, 5.41) is 0. The second-order valence-corrected chi connectivity index (χ2v) is 3.17. The molecule has 12 heavy (non-hydrogen) atoms. The van der Waals surface area contributed by atoms with Gasteiger partial charge in [0.1, 0.15) is 0 Å². The van der Waals surface area contributed by atoms with Gasteiger partial charge in [0.15, 0.2) is 0 Å². The van der Waals surface area contributed by atoms with Crippen molar-refractivity contribution in [3.63, 3.8) is 0 Å². The number of amides is 3. The monoisotopic (exact) mass is 171 g/mol. The van der Waals surface area contributed by atoms with Crippen molar-refractivity contribution in [1.82, 2.24) is 9.80 Å². The van der Waals surface area contributed by atoms with Gasteiger partial charge < -0.3 is 15.5 Å². The first kappa shape index (κ1) is 8.83. The summed E-state index contributed by atoms with van der Waals surface area (Å²) in [5.41, 5.74) is 5.00. The molecular weight excluding hydrogens is 158 g/mol. The molecule has 1 aliphatic heterocycles. The SMILES string of the molecule is CN(C)C(=O)C1CN(C(N)=O)C1. The van der Waals surface area contributed by atoms with Crippen LogP contribution in [0.5, 0.6) is 0 Å². The summed E-state index contributed by atoms with van der Waals surface area (Å²) in [5.74, 6) is 0.0139. The third-order valence-corrected chi connectivity index (χ3v) is 1.98. The summed E-state index contributed by atoms with van der Waals surface area (Å²) >= 11 is 0. The molecule has 0 bridgehead atoms. The third-order valence-electron chi connectivity index (χ3n) is 1.98. The highest BCUT2D eigenvalue weighted by atomic mass is 16.2. The van der Waals surface area contributed by atoms with Gasteiger partial charge in [-0.1, -0.05) is 0 Å². The molecule has 3 amide bonds. The second kappa shape index (κ2) is 3.00. The van der Waals surface area contributed by atoms with E-state index in [9.17, 15) is 9.59 Å². The number of rotatable bonds is 1. The van der Waals surface area contributed by atoms with Crippen LogP contribution in [0, 0.1) is 5.92 Å². The Kier molecular flexibility index (Phi) is 2.21. The van der Waals surface area contributed by atoms with Gasteiger partial charge >= 0.3 is 6.03 Å². The van der Waals surface area contributed by atoms with Gasteiger partial charge in [-0.15, -0.1) is 0 Å². The Hall–Kier alpha value is -1.26. The molecule has 2 N–H and O–H groups in total. The maximum Gasteiger partial charge on any atom is 0.314 e. The Bertz CT molecular complexity index is 209. The van der Waals surface area contributed by atoms with Crippen LogP contribution in [0.15, 0.2) is 0 Å². The fourth-order valence-corrected chi connectivity index (χ4v) is 1.18. The fourth-order valence-electron chi connectivity index (χ4n) is 1.18. The fraction of sp³-hybridized carbons (Fsp3) is 0.714. The maximum absolute atomic E-state index is 11.2. The number of likely N-dealkylation sites (tertiary alicyclic amines) is 1. The number of urea groups is 1. The van der Waals surface area contributed by atoms with E-state index >= 15 is 0 Å². The van der Waals surface area contributed by atoms with Crippen LogP contribution in [0.1, 0.15) is 0 Å². The van der Waals surface area contributed by atoms with Crippen molar-refractivity contribution in [3.05, 3.63) is 0 Å². The molecule has 5 heteroatoms. The molecule has 0 radical (unpaired) electrons. The number of primary amides is 1. The van der Waals surface area contributed by atoms with Crippen LogP contribution in [-0.2, 0) is 4.79 Å². The smallest absolute Gasteiger partial charge is 0.314 e. The highest BCUT2D eigenvalue weighted by Crippen LogP contribution is 2.16. The number of carbonyl (C=O) groups excluding carboxylic acids is 2. The number of hydrogen-bond donors (Lipinski definition) is 1. The molecule has 0 atom stereocenters. The van der Waals surface area contributed by atoms with Crippen LogP contribution in [-0.4, -0.2) is 48.9 Å². The Morgan fingerprint density at radius 3 is 2.25 bits per heavy atom. The Morgan fingerprint density at radius 2 is 1.92 bits per heavy atom. The minimum absolute atomic E-state index is 0.0486. The topological polar surface area (TPSA) is 66.6 Å². The summed E-state index contributed by atoms with van der Waals surface area (Å²) in [6.45, 7) is 0.929. The molecule has 0 saturated carbocycles. The molecule has 1 aliphatic rings. The van der Waals surface area contributed by atoms with Gasteiger partial charge in [-0.2, -0.15) is 0 Å². The van der Waals surface area contributed by atoms with Gasteiger partial charge in [0.05, 0.1) is 5.92 Å². The minimum atomic E-state index is -0.446. The van der Waals surface area contributed by atoms with Crippen molar-refractivity contribution in [2.45, 2.75) is 0 Å². The number of nitrogens with two attached hydrogens (primary N) is 1. The van der Waals surface area contributed by atoms with Gasteiger partial charge in [0, 0.05) is 27.2 Å². The van der Waals surface area contributed by atoms with Crippen molar-refractivity contribution in [3.8, 4) is 0 Å². The molecule has 68 valence electrons. The Morgan fingerprint density at radius 1 is 1.42 bits per heavy atom. The third kappa shape index (κ3) is 1.49. The average molecular weight is 171 g/mol. The van der Waals surface area contributed by atoms with Crippen LogP contribution in [0.3, 0.4) is 0 Å². The maximum atomic E-state index is 11.2. The van der Waals surface area contributed by atoms with Crippen molar-refractivity contribution in [1.29, 1.82) is 0 Å². The lowest BCUT2D eigenvalue weighted by atomic mass is 9.99. The largest absolute Gasteiger partial charge is 0.351 e. The molecule has 0 aliphatic carbocycles. The first-order valence-corrected chi connectivity index (χ1v) is 3.78. The molecule has 0 aromatic rings. The lowest BCUT2D eigenvalue weighted by Crippen LogP contribution is -2.57. The average Bonchev–Trinajstić information content (AvgIpc) is 1.82. The summed E-state index contributed by atoms with van der Waals surface area (Å²) in [6.07, 6.45) is 0. The highest BCUT2D eigenvalue weighted by Gasteiger charge is 2.35. The van der Waals surface area contributed by atoms with E-state index in [0.717, 1.165) is 0 Å². The number of nitrogens with zero attached hydrogens (tertiary/aromatic N) is 2. The number of hydrogen-bond acceptors (Lipinski definition) is 2. The van der Waals surface area contributed by atoms with Crippen molar-refractivity contribution in [2.24, 2.45) is 11.7 Å². The zero-order chi connectivity index (χ0) is 9.30. The molecule has 1 saturated heterocycles. The number of carbonyl (C=O) groups is 2. The Labute approximate surface area is 71.1 Å². The zero-order valence-electron chi connectivity index (χ0n) is 7.28. The van der Waals surface area contributed by atoms with Gasteiger partial charge in [-0.3, -0.25) is 4.79 Å². The van der Waals surface area contributed by atoms with E-state index in [0.29, 0.717) is 13.1 Å². The molecule has 1 heterocycles. The predicted octanol–water partition coefficient (Wildman–Crippen LogP) is -0.915. The predicted molar refractivity (Wildman–Crippen MR) is 43.3 cm³/mol. The zero-order valence-corrected chi connectivity index (χ0v) is 7.28. The van der Waals surface area contributed by atoms with E-state index in [4.69, 9.17) is 5.73 Å². The molecule has 1 rings (SSSR count). The first-order valence-electron chi connectivity index (χ1n) is 3.78. The van der Waals surface area contributed by atoms with Gasteiger partial charge in [-0.05, 0) is 0 Å². The molecule has 0 unspecified atom stereocenters. The van der Waals surface area contributed by atoms with Crippen LogP contribution in [0.4, 0.5) is 4.79 Å². The standard InChI is InChI=1S/C7H13N3O2/c1-9(2)6(11)5-3-10(4-5)7(8)12/h5H,3-4H2,1-2H3,(H2,8,12). The molecule has 0 aromatic carbocycles. The second-order valence-electron chi connectivity index (χ2n) is 3.17. The van der Waals surface area contributed by atoms with E-state index in [1.54, 1.807) is 14.1 Å². The summed E-state index contributed by atoms with van der Waals surface area (Å²) < 4.78 is 0. The van der Waals surface area contributed by atoms with Crippen molar-refractivity contribution >= 4 is 11.9 Å². The Balaban J connectivity index is 2.35. The van der Waals surface area contributed by atoms with Crippen LogP contribution < -0.4 is 5.73 Å². The lowest BCUT2D eigenvalue weighted by molar-refractivity contribution is -0.136. The van der Waals surface area contributed by atoms with E-state index in [1.807, 2.05) is 0 Å².